The topological polar surface area (TPSA) is 73.8 Å². The Kier molecular flexibility index (Phi) is 4.83. The van der Waals surface area contributed by atoms with E-state index >= 15 is 0 Å². The van der Waals surface area contributed by atoms with Gasteiger partial charge >= 0.3 is 6.18 Å². The highest BCUT2D eigenvalue weighted by atomic mass is 35.5. The first-order valence-corrected chi connectivity index (χ1v) is 10.2. The van der Waals surface area contributed by atoms with Crippen molar-refractivity contribution < 1.29 is 13.2 Å². The minimum Gasteiger partial charge on any atom is -0.397 e. The summed E-state index contributed by atoms with van der Waals surface area (Å²) in [5.41, 5.74) is 6.05. The summed E-state index contributed by atoms with van der Waals surface area (Å²) in [5, 5.41) is 1.50. The third-order valence-electron chi connectivity index (χ3n) is 5.33. The van der Waals surface area contributed by atoms with Gasteiger partial charge in [-0.25, -0.2) is 4.98 Å². The van der Waals surface area contributed by atoms with Crippen LogP contribution >= 0.6 is 11.6 Å². The molecule has 164 valence electrons. The molecule has 2 aromatic carbocycles. The van der Waals surface area contributed by atoms with Gasteiger partial charge in [-0.3, -0.25) is 14.3 Å². The van der Waals surface area contributed by atoms with Gasteiger partial charge in [0.2, 0.25) is 0 Å². The maximum Gasteiger partial charge on any atom is 0.433 e. The molecule has 0 unspecified atom stereocenters. The van der Waals surface area contributed by atoms with Gasteiger partial charge in [0.25, 0.3) is 5.56 Å². The van der Waals surface area contributed by atoms with Gasteiger partial charge in [-0.15, -0.1) is 0 Å². The summed E-state index contributed by atoms with van der Waals surface area (Å²) in [4.78, 5) is 21.8. The third-order valence-corrected chi connectivity index (χ3v) is 5.59. The molecule has 0 amide bonds. The first-order valence-electron chi connectivity index (χ1n) is 9.77. The lowest BCUT2D eigenvalue weighted by atomic mass is 10.0. The van der Waals surface area contributed by atoms with E-state index in [1.807, 2.05) is 6.07 Å². The van der Waals surface area contributed by atoms with Gasteiger partial charge in [-0.05, 0) is 54.1 Å². The highest BCUT2D eigenvalue weighted by molar-refractivity contribution is 6.30. The Morgan fingerprint density at radius 1 is 0.970 bits per heavy atom. The van der Waals surface area contributed by atoms with E-state index in [1.54, 1.807) is 42.6 Å². The molecule has 0 saturated heterocycles. The number of pyridine rings is 3. The van der Waals surface area contributed by atoms with Crippen LogP contribution in [-0.2, 0) is 6.18 Å². The van der Waals surface area contributed by atoms with Crippen LogP contribution < -0.4 is 11.3 Å². The normalized spacial score (nSPS) is 11.9. The molecule has 3 aromatic heterocycles. The molecule has 0 aliphatic heterocycles. The van der Waals surface area contributed by atoms with E-state index < -0.39 is 17.4 Å². The van der Waals surface area contributed by atoms with Crippen LogP contribution in [0.5, 0.6) is 0 Å². The first kappa shape index (κ1) is 21.0. The average Bonchev–Trinajstić information content (AvgIpc) is 2.79. The standard InChI is InChI=1S/C24H14ClF3N4O/c25-15-5-7-16(8-6-15)32-22-17(9-10-19(31-22)24(26,27)28)21(29)20(23(32)33)14-4-3-13-2-1-11-30-18(13)12-14/h1-12H,29H2. The summed E-state index contributed by atoms with van der Waals surface area (Å²) < 4.78 is 41.3. The molecular weight excluding hydrogens is 453 g/mol. The van der Waals surface area contributed by atoms with Crippen molar-refractivity contribution in [3.05, 3.63) is 94.0 Å². The molecule has 0 aliphatic carbocycles. The van der Waals surface area contributed by atoms with Gasteiger partial charge in [0.15, 0.2) is 0 Å². The molecule has 0 fully saturated rings. The number of hydrogen-bond donors (Lipinski definition) is 1. The molecule has 0 radical (unpaired) electrons. The Morgan fingerprint density at radius 2 is 1.73 bits per heavy atom. The van der Waals surface area contributed by atoms with Crippen molar-refractivity contribution in [3.8, 4) is 16.8 Å². The van der Waals surface area contributed by atoms with Crippen LogP contribution in [0.25, 0.3) is 38.8 Å². The van der Waals surface area contributed by atoms with Gasteiger partial charge in [0, 0.05) is 22.0 Å². The van der Waals surface area contributed by atoms with Gasteiger partial charge in [0.05, 0.1) is 22.5 Å². The smallest absolute Gasteiger partial charge is 0.397 e. The molecule has 5 rings (SSSR count). The fourth-order valence-electron chi connectivity index (χ4n) is 3.78. The Bertz CT molecular complexity index is 1590. The van der Waals surface area contributed by atoms with Crippen molar-refractivity contribution in [2.75, 3.05) is 5.73 Å². The van der Waals surface area contributed by atoms with Gasteiger partial charge in [-0.1, -0.05) is 29.8 Å². The minimum atomic E-state index is -4.69. The second-order valence-electron chi connectivity index (χ2n) is 7.38. The lowest BCUT2D eigenvalue weighted by Crippen LogP contribution is -2.24. The Hall–Kier alpha value is -3.91. The number of fused-ring (bicyclic) bond motifs is 2. The molecule has 0 bridgehead atoms. The van der Waals surface area contributed by atoms with Crippen molar-refractivity contribution >= 4 is 39.2 Å². The number of nitrogen functional groups attached to an aromatic ring is 1. The molecule has 33 heavy (non-hydrogen) atoms. The molecule has 0 atom stereocenters. The van der Waals surface area contributed by atoms with Crippen LogP contribution in [0.15, 0.2) is 77.7 Å². The van der Waals surface area contributed by atoms with Crippen LogP contribution in [-0.4, -0.2) is 14.5 Å². The van der Waals surface area contributed by atoms with Crippen molar-refractivity contribution in [3.63, 3.8) is 0 Å². The summed E-state index contributed by atoms with van der Waals surface area (Å²) >= 11 is 5.97. The molecular formula is C24H14ClF3N4O. The predicted molar refractivity (Wildman–Crippen MR) is 123 cm³/mol. The summed E-state index contributed by atoms with van der Waals surface area (Å²) in [6, 6.07) is 17.2. The maximum atomic E-state index is 13.7. The van der Waals surface area contributed by atoms with Crippen LogP contribution in [0.4, 0.5) is 18.9 Å². The van der Waals surface area contributed by atoms with Crippen molar-refractivity contribution in [2.45, 2.75) is 6.18 Å². The average molecular weight is 467 g/mol. The summed E-state index contributed by atoms with van der Waals surface area (Å²) in [6.45, 7) is 0. The minimum absolute atomic E-state index is 0.0386. The van der Waals surface area contributed by atoms with Gasteiger partial charge in [0.1, 0.15) is 11.3 Å². The number of nitrogens with two attached hydrogens (primary N) is 1. The van der Waals surface area contributed by atoms with E-state index in [1.165, 1.54) is 18.2 Å². The molecule has 2 N–H and O–H groups in total. The quantitative estimate of drug-likeness (QED) is 0.354. The number of nitrogens with zero attached hydrogens (tertiary/aromatic N) is 3. The second kappa shape index (κ2) is 7.60. The van der Waals surface area contributed by atoms with Crippen molar-refractivity contribution in [1.82, 2.24) is 14.5 Å². The number of hydrogen-bond acceptors (Lipinski definition) is 4. The molecule has 0 aliphatic rings. The molecule has 0 spiro atoms. The van der Waals surface area contributed by atoms with Crippen molar-refractivity contribution in [1.29, 1.82) is 0 Å². The monoisotopic (exact) mass is 466 g/mol. The number of aromatic nitrogens is 3. The lowest BCUT2D eigenvalue weighted by molar-refractivity contribution is -0.141. The lowest BCUT2D eigenvalue weighted by Gasteiger charge is -2.17. The van der Waals surface area contributed by atoms with E-state index in [0.29, 0.717) is 21.8 Å². The van der Waals surface area contributed by atoms with Crippen LogP contribution in [0.3, 0.4) is 0 Å². The third kappa shape index (κ3) is 3.58. The van der Waals surface area contributed by atoms with Gasteiger partial charge < -0.3 is 5.73 Å². The number of alkyl halides is 3. The number of halogens is 4. The van der Waals surface area contributed by atoms with E-state index in [2.05, 4.69) is 9.97 Å². The van der Waals surface area contributed by atoms with E-state index in [9.17, 15) is 18.0 Å². The molecule has 3 heterocycles. The Balaban J connectivity index is 1.89. The Morgan fingerprint density at radius 3 is 2.45 bits per heavy atom. The summed E-state index contributed by atoms with van der Waals surface area (Å²) in [7, 11) is 0. The van der Waals surface area contributed by atoms with Gasteiger partial charge in [-0.2, -0.15) is 13.2 Å². The fourth-order valence-corrected chi connectivity index (χ4v) is 3.90. The van der Waals surface area contributed by atoms with E-state index in [0.717, 1.165) is 16.0 Å². The highest BCUT2D eigenvalue weighted by Crippen LogP contribution is 2.34. The fraction of sp³-hybridized carbons (Fsp3) is 0.0417. The first-order chi connectivity index (χ1) is 15.7. The van der Waals surface area contributed by atoms with E-state index in [-0.39, 0.29) is 22.3 Å². The molecule has 5 aromatic rings. The summed E-state index contributed by atoms with van der Waals surface area (Å²) in [5.74, 6) is 0. The molecule has 5 nitrogen and oxygen atoms in total. The Labute approximate surface area is 189 Å². The zero-order chi connectivity index (χ0) is 23.3. The largest absolute Gasteiger partial charge is 0.433 e. The highest BCUT2D eigenvalue weighted by Gasteiger charge is 2.33. The van der Waals surface area contributed by atoms with Crippen LogP contribution in [0.2, 0.25) is 5.02 Å². The SMILES string of the molecule is Nc1c(-c2ccc3cccnc3c2)c(=O)n(-c2ccc(Cl)cc2)c2nc(C(F)(F)F)ccc12. The molecule has 0 saturated carbocycles. The van der Waals surface area contributed by atoms with E-state index in [4.69, 9.17) is 17.3 Å². The van der Waals surface area contributed by atoms with Crippen LogP contribution in [0, 0.1) is 0 Å². The van der Waals surface area contributed by atoms with Crippen molar-refractivity contribution in [2.24, 2.45) is 0 Å². The zero-order valence-corrected chi connectivity index (χ0v) is 17.5. The number of benzene rings is 2. The molecule has 9 heteroatoms. The predicted octanol–water partition coefficient (Wildman–Crippen LogP) is 5.86. The van der Waals surface area contributed by atoms with Crippen LogP contribution in [0.1, 0.15) is 5.69 Å². The zero-order valence-electron chi connectivity index (χ0n) is 16.8. The second-order valence-corrected chi connectivity index (χ2v) is 7.82. The number of anilines is 1. The maximum absolute atomic E-state index is 13.7. The number of rotatable bonds is 2. The summed E-state index contributed by atoms with van der Waals surface area (Å²) in [6.07, 6.45) is -3.06.